The summed E-state index contributed by atoms with van der Waals surface area (Å²) < 4.78 is 16.3. The molecule has 0 spiro atoms. The maximum absolute atomic E-state index is 13.4. The maximum Gasteiger partial charge on any atom is 0.227 e. The molecule has 0 aromatic heterocycles. The third kappa shape index (κ3) is 5.74. The standard InChI is InChI=1S/C27H36N4O5/c1-29-10-12-30(13-11-29)18-22(19-8-6-5-7-9-19)28-27(33)20-14-25(32)31(17-20)21-15-23(34-2)26(36-4)24(16-21)35-3/h5-9,15-16,20,22H,10-14,17-18H2,1-4H3,(H,28,33). The van der Waals surface area contributed by atoms with Gasteiger partial charge in [-0.05, 0) is 12.6 Å². The van der Waals surface area contributed by atoms with Gasteiger partial charge in [0.2, 0.25) is 17.6 Å². The molecule has 0 radical (unpaired) electrons. The summed E-state index contributed by atoms with van der Waals surface area (Å²) >= 11 is 0. The van der Waals surface area contributed by atoms with Gasteiger partial charge in [-0.15, -0.1) is 0 Å². The average Bonchev–Trinajstić information content (AvgIpc) is 3.30. The van der Waals surface area contributed by atoms with Crippen LogP contribution in [0.4, 0.5) is 5.69 Å². The minimum atomic E-state index is -0.449. The van der Waals surface area contributed by atoms with Crippen LogP contribution in [0.3, 0.4) is 0 Å². The molecule has 1 N–H and O–H groups in total. The smallest absolute Gasteiger partial charge is 0.227 e. The molecule has 194 valence electrons. The molecule has 9 heteroatoms. The summed E-state index contributed by atoms with van der Waals surface area (Å²) in [5.74, 6) is 0.711. The van der Waals surface area contributed by atoms with Gasteiger partial charge in [0.15, 0.2) is 11.5 Å². The van der Waals surface area contributed by atoms with E-state index in [4.69, 9.17) is 14.2 Å². The number of methoxy groups -OCH3 is 3. The van der Waals surface area contributed by atoms with Gasteiger partial charge in [-0.25, -0.2) is 0 Å². The summed E-state index contributed by atoms with van der Waals surface area (Å²) in [7, 11) is 6.73. The first kappa shape index (κ1) is 25.8. The lowest BCUT2D eigenvalue weighted by molar-refractivity contribution is -0.127. The molecule has 4 rings (SSSR count). The Morgan fingerprint density at radius 2 is 1.64 bits per heavy atom. The van der Waals surface area contributed by atoms with Crippen molar-refractivity contribution in [3.05, 3.63) is 48.0 Å². The number of anilines is 1. The molecule has 9 nitrogen and oxygen atoms in total. The summed E-state index contributed by atoms with van der Waals surface area (Å²) in [5.41, 5.74) is 1.68. The van der Waals surface area contributed by atoms with E-state index < -0.39 is 5.92 Å². The molecule has 2 amide bonds. The summed E-state index contributed by atoms with van der Waals surface area (Å²) in [6.07, 6.45) is 0.151. The van der Waals surface area contributed by atoms with Crippen molar-refractivity contribution < 1.29 is 23.8 Å². The summed E-state index contributed by atoms with van der Waals surface area (Å²) in [5, 5.41) is 3.25. The predicted molar refractivity (Wildman–Crippen MR) is 138 cm³/mol. The Hall–Kier alpha value is -3.30. The highest BCUT2D eigenvalue weighted by Crippen LogP contribution is 2.42. The van der Waals surface area contributed by atoms with Crippen molar-refractivity contribution >= 4 is 17.5 Å². The van der Waals surface area contributed by atoms with Crippen LogP contribution >= 0.6 is 0 Å². The third-order valence-corrected chi connectivity index (χ3v) is 7.01. The number of carbonyl (C=O) groups is 2. The van der Waals surface area contributed by atoms with E-state index >= 15 is 0 Å². The van der Waals surface area contributed by atoms with Gasteiger partial charge in [-0.1, -0.05) is 30.3 Å². The number of hydrogen-bond acceptors (Lipinski definition) is 7. The molecule has 2 unspecified atom stereocenters. The monoisotopic (exact) mass is 496 g/mol. The Balaban J connectivity index is 1.48. The van der Waals surface area contributed by atoms with Gasteiger partial charge in [0.05, 0.1) is 39.0 Å². The topological polar surface area (TPSA) is 83.6 Å². The second-order valence-corrected chi connectivity index (χ2v) is 9.36. The molecule has 2 fully saturated rings. The van der Waals surface area contributed by atoms with Crippen molar-refractivity contribution in [3.8, 4) is 17.2 Å². The number of piperazine rings is 1. The summed E-state index contributed by atoms with van der Waals surface area (Å²) in [6.45, 7) is 4.98. The Morgan fingerprint density at radius 3 is 2.22 bits per heavy atom. The molecule has 2 aromatic carbocycles. The number of benzene rings is 2. The Morgan fingerprint density at radius 1 is 1.00 bits per heavy atom. The largest absolute Gasteiger partial charge is 0.493 e. The van der Waals surface area contributed by atoms with E-state index in [-0.39, 0.29) is 24.3 Å². The summed E-state index contributed by atoms with van der Waals surface area (Å²) in [4.78, 5) is 32.7. The number of nitrogens with one attached hydrogen (secondary N) is 1. The molecule has 2 aromatic rings. The molecule has 0 saturated carbocycles. The van der Waals surface area contributed by atoms with Crippen LogP contribution in [0.25, 0.3) is 0 Å². The highest BCUT2D eigenvalue weighted by molar-refractivity contribution is 6.00. The van der Waals surface area contributed by atoms with Crippen molar-refractivity contribution in [2.24, 2.45) is 5.92 Å². The average molecular weight is 497 g/mol. The molecule has 2 saturated heterocycles. The first-order chi connectivity index (χ1) is 17.4. The van der Waals surface area contributed by atoms with Crippen LogP contribution in [0.2, 0.25) is 0 Å². The number of nitrogens with zero attached hydrogens (tertiary/aromatic N) is 3. The predicted octanol–water partition coefficient (Wildman–Crippen LogP) is 2.17. The first-order valence-corrected chi connectivity index (χ1v) is 12.3. The van der Waals surface area contributed by atoms with Gasteiger partial charge in [0.1, 0.15) is 0 Å². The fraction of sp³-hybridized carbons (Fsp3) is 0.481. The van der Waals surface area contributed by atoms with E-state index in [1.54, 1.807) is 17.0 Å². The van der Waals surface area contributed by atoms with Gasteiger partial charge in [0.25, 0.3) is 0 Å². The molecular weight excluding hydrogens is 460 g/mol. The van der Waals surface area contributed by atoms with Gasteiger partial charge >= 0.3 is 0 Å². The molecule has 2 heterocycles. The maximum atomic E-state index is 13.4. The van der Waals surface area contributed by atoms with E-state index in [0.29, 0.717) is 29.5 Å². The number of amides is 2. The zero-order valence-corrected chi connectivity index (χ0v) is 21.5. The van der Waals surface area contributed by atoms with Gasteiger partial charge in [-0.3, -0.25) is 14.5 Å². The zero-order chi connectivity index (χ0) is 25.7. The van der Waals surface area contributed by atoms with Gasteiger partial charge in [-0.2, -0.15) is 0 Å². The zero-order valence-electron chi connectivity index (χ0n) is 21.5. The molecule has 2 aliphatic rings. The van der Waals surface area contributed by atoms with E-state index in [0.717, 1.165) is 38.3 Å². The Bertz CT molecular complexity index is 1030. The Kier molecular flexibility index (Phi) is 8.32. The quantitative estimate of drug-likeness (QED) is 0.570. The number of carbonyl (C=O) groups excluding carboxylic acids is 2. The van der Waals surface area contributed by atoms with Crippen molar-refractivity contribution in [2.45, 2.75) is 12.5 Å². The highest BCUT2D eigenvalue weighted by atomic mass is 16.5. The molecule has 2 atom stereocenters. The fourth-order valence-corrected chi connectivity index (χ4v) is 4.85. The highest BCUT2D eigenvalue weighted by Gasteiger charge is 2.37. The van der Waals surface area contributed by atoms with Crippen LogP contribution in [0.5, 0.6) is 17.2 Å². The number of likely N-dealkylation sites (N-methyl/N-ethyl adjacent to an activating group) is 1. The fourth-order valence-electron chi connectivity index (χ4n) is 4.85. The molecule has 2 aliphatic heterocycles. The second kappa shape index (κ2) is 11.6. The van der Waals surface area contributed by atoms with Crippen LogP contribution in [0.1, 0.15) is 18.0 Å². The van der Waals surface area contributed by atoms with Crippen molar-refractivity contribution in [2.75, 3.05) is 72.5 Å². The lowest BCUT2D eigenvalue weighted by Gasteiger charge is -2.35. The minimum absolute atomic E-state index is 0.110. The SMILES string of the molecule is COc1cc(N2CC(C(=O)NC(CN3CCN(C)CC3)c3ccccc3)CC2=O)cc(OC)c1OC. The number of rotatable bonds is 9. The number of hydrogen-bond donors (Lipinski definition) is 1. The van der Waals surface area contributed by atoms with E-state index in [1.165, 1.54) is 21.3 Å². The lowest BCUT2D eigenvalue weighted by Crippen LogP contribution is -2.48. The lowest BCUT2D eigenvalue weighted by atomic mass is 10.0. The Labute approximate surface area is 212 Å². The van der Waals surface area contributed by atoms with Crippen molar-refractivity contribution in [1.29, 1.82) is 0 Å². The van der Waals surface area contributed by atoms with Crippen LogP contribution < -0.4 is 24.4 Å². The normalized spacial score (nSPS) is 19.7. The molecule has 0 bridgehead atoms. The summed E-state index contributed by atoms with van der Waals surface area (Å²) in [6, 6.07) is 13.4. The van der Waals surface area contributed by atoms with Crippen LogP contribution in [-0.2, 0) is 9.59 Å². The van der Waals surface area contributed by atoms with Gasteiger partial charge < -0.3 is 29.3 Å². The van der Waals surface area contributed by atoms with E-state index in [2.05, 4.69) is 22.2 Å². The number of ether oxygens (including phenoxy) is 3. The minimum Gasteiger partial charge on any atom is -0.493 e. The molecule has 0 aliphatic carbocycles. The van der Waals surface area contributed by atoms with Crippen LogP contribution in [0.15, 0.2) is 42.5 Å². The third-order valence-electron chi connectivity index (χ3n) is 7.01. The first-order valence-electron chi connectivity index (χ1n) is 12.3. The molecule has 36 heavy (non-hydrogen) atoms. The molecular formula is C27H36N4O5. The van der Waals surface area contributed by atoms with E-state index in [1.807, 2.05) is 30.3 Å². The van der Waals surface area contributed by atoms with Crippen LogP contribution in [0, 0.1) is 5.92 Å². The van der Waals surface area contributed by atoms with E-state index in [9.17, 15) is 9.59 Å². The van der Waals surface area contributed by atoms with Crippen molar-refractivity contribution in [3.63, 3.8) is 0 Å². The van der Waals surface area contributed by atoms with Crippen LogP contribution in [-0.4, -0.2) is 89.3 Å². The second-order valence-electron chi connectivity index (χ2n) is 9.36. The van der Waals surface area contributed by atoms with Gasteiger partial charge in [0, 0.05) is 57.8 Å². The van der Waals surface area contributed by atoms with Crippen molar-refractivity contribution in [1.82, 2.24) is 15.1 Å².